The number of sulfone groups is 1. The smallest absolute Gasteiger partial charge is 0.175 e. The zero-order chi connectivity index (χ0) is 17.5. The fourth-order valence-electron chi connectivity index (χ4n) is 2.58. The molecule has 0 saturated carbocycles. The Hall–Kier alpha value is -1.99. The quantitative estimate of drug-likeness (QED) is 0.763. The van der Waals surface area contributed by atoms with Crippen molar-refractivity contribution in [3.05, 3.63) is 46.6 Å². The van der Waals surface area contributed by atoms with Crippen LogP contribution in [-0.2, 0) is 9.84 Å². The zero-order valence-corrected chi connectivity index (χ0v) is 15.6. The van der Waals surface area contributed by atoms with Gasteiger partial charge in [0.15, 0.2) is 9.84 Å². The Labute approximate surface area is 145 Å². The molecule has 0 aliphatic carbocycles. The molecule has 2 aromatic heterocycles. The lowest BCUT2D eigenvalue weighted by Gasteiger charge is -2.16. The predicted molar refractivity (Wildman–Crippen MR) is 98.5 cm³/mol. The minimum absolute atomic E-state index is 0.00341. The summed E-state index contributed by atoms with van der Waals surface area (Å²) < 4.78 is 23.1. The van der Waals surface area contributed by atoms with Gasteiger partial charge in [-0.15, -0.1) is 11.3 Å². The van der Waals surface area contributed by atoms with E-state index >= 15 is 0 Å². The zero-order valence-electron chi connectivity index (χ0n) is 14.0. The SMILES string of the molecule is Cc1sc2ncnc(N[C@H](C)c3ccc(S(C)(=O)=O)cc3)c2c1C. The molecule has 0 aliphatic rings. The van der Waals surface area contributed by atoms with E-state index in [1.165, 1.54) is 16.7 Å². The first kappa shape index (κ1) is 16.9. The highest BCUT2D eigenvalue weighted by Crippen LogP contribution is 2.33. The summed E-state index contributed by atoms with van der Waals surface area (Å²) in [4.78, 5) is 11.3. The van der Waals surface area contributed by atoms with E-state index in [0.29, 0.717) is 4.90 Å². The molecule has 0 unspecified atom stereocenters. The molecule has 0 fully saturated rings. The van der Waals surface area contributed by atoms with E-state index in [-0.39, 0.29) is 6.04 Å². The highest BCUT2D eigenvalue weighted by molar-refractivity contribution is 7.90. The number of hydrogen-bond donors (Lipinski definition) is 1. The van der Waals surface area contributed by atoms with Crippen LogP contribution in [-0.4, -0.2) is 24.6 Å². The van der Waals surface area contributed by atoms with Crippen LogP contribution in [0.3, 0.4) is 0 Å². The molecule has 5 nitrogen and oxygen atoms in total. The van der Waals surface area contributed by atoms with Crippen LogP contribution in [0.25, 0.3) is 10.2 Å². The van der Waals surface area contributed by atoms with Crippen molar-refractivity contribution in [2.24, 2.45) is 0 Å². The molecule has 3 rings (SSSR count). The fourth-order valence-corrected chi connectivity index (χ4v) is 4.21. The number of benzene rings is 1. The molecule has 7 heteroatoms. The first-order valence-corrected chi connectivity index (χ1v) is 10.3. The lowest BCUT2D eigenvalue weighted by atomic mass is 10.1. The Bertz CT molecular complexity index is 993. The molecule has 1 N–H and O–H groups in total. The van der Waals surface area contributed by atoms with Crippen LogP contribution in [0.1, 0.15) is 29.0 Å². The second kappa shape index (κ2) is 6.14. The first-order chi connectivity index (χ1) is 11.3. The largest absolute Gasteiger partial charge is 0.363 e. The molecule has 126 valence electrons. The van der Waals surface area contributed by atoms with Gasteiger partial charge in [-0.25, -0.2) is 18.4 Å². The van der Waals surface area contributed by atoms with Gasteiger partial charge in [-0.1, -0.05) is 12.1 Å². The molecule has 0 aliphatic heterocycles. The monoisotopic (exact) mass is 361 g/mol. The molecule has 3 aromatic rings. The molecule has 0 saturated heterocycles. The van der Waals surface area contributed by atoms with Crippen LogP contribution in [0.5, 0.6) is 0 Å². The summed E-state index contributed by atoms with van der Waals surface area (Å²) in [6.07, 6.45) is 2.78. The van der Waals surface area contributed by atoms with Crippen LogP contribution in [0, 0.1) is 13.8 Å². The van der Waals surface area contributed by atoms with Gasteiger partial charge >= 0.3 is 0 Å². The van der Waals surface area contributed by atoms with Gasteiger partial charge in [0, 0.05) is 17.2 Å². The van der Waals surface area contributed by atoms with E-state index in [4.69, 9.17) is 0 Å². The van der Waals surface area contributed by atoms with E-state index < -0.39 is 9.84 Å². The third-order valence-corrected chi connectivity index (χ3v) is 6.37. The average molecular weight is 361 g/mol. The third kappa shape index (κ3) is 3.14. The van der Waals surface area contributed by atoms with E-state index in [9.17, 15) is 8.42 Å². The summed E-state index contributed by atoms with van der Waals surface area (Å²) in [7, 11) is -3.18. The molecule has 1 atom stereocenters. The second-order valence-electron chi connectivity index (χ2n) is 5.89. The van der Waals surface area contributed by atoms with Crippen molar-refractivity contribution in [3.8, 4) is 0 Å². The second-order valence-corrected chi connectivity index (χ2v) is 9.11. The van der Waals surface area contributed by atoms with Gasteiger partial charge in [-0.3, -0.25) is 0 Å². The van der Waals surface area contributed by atoms with Crippen molar-refractivity contribution in [2.75, 3.05) is 11.6 Å². The van der Waals surface area contributed by atoms with Crippen molar-refractivity contribution < 1.29 is 8.42 Å². The number of thiophene rings is 1. The summed E-state index contributed by atoms with van der Waals surface area (Å²) in [6.45, 7) is 6.19. The van der Waals surface area contributed by atoms with Crippen LogP contribution in [0.4, 0.5) is 5.82 Å². The normalized spacial score (nSPS) is 13.2. The lowest BCUT2D eigenvalue weighted by molar-refractivity contribution is 0.602. The number of aryl methyl sites for hydroxylation is 2. The van der Waals surface area contributed by atoms with Crippen molar-refractivity contribution >= 4 is 37.2 Å². The summed E-state index contributed by atoms with van der Waals surface area (Å²) in [5, 5.41) is 4.47. The van der Waals surface area contributed by atoms with Crippen LogP contribution < -0.4 is 5.32 Å². The Morgan fingerprint density at radius 2 is 1.79 bits per heavy atom. The average Bonchev–Trinajstić information content (AvgIpc) is 2.82. The first-order valence-electron chi connectivity index (χ1n) is 7.54. The molecular weight excluding hydrogens is 342 g/mol. The maximum atomic E-state index is 11.6. The number of nitrogens with zero attached hydrogens (tertiary/aromatic N) is 2. The Morgan fingerprint density at radius 3 is 2.42 bits per heavy atom. The molecule has 0 spiro atoms. The predicted octanol–water partition coefficient (Wildman–Crippen LogP) is 3.88. The van der Waals surface area contributed by atoms with Crippen LogP contribution >= 0.6 is 11.3 Å². The van der Waals surface area contributed by atoms with Crippen molar-refractivity contribution in [1.82, 2.24) is 9.97 Å². The van der Waals surface area contributed by atoms with Crippen molar-refractivity contribution in [3.63, 3.8) is 0 Å². The fraction of sp³-hybridized carbons (Fsp3) is 0.294. The number of fused-ring (bicyclic) bond motifs is 1. The summed E-state index contributed by atoms with van der Waals surface area (Å²) in [5.41, 5.74) is 2.19. The molecule has 0 bridgehead atoms. The number of anilines is 1. The topological polar surface area (TPSA) is 72.0 Å². The number of hydrogen-bond acceptors (Lipinski definition) is 6. The van der Waals surface area contributed by atoms with Gasteiger partial charge in [0.25, 0.3) is 0 Å². The number of nitrogens with one attached hydrogen (secondary N) is 1. The van der Waals surface area contributed by atoms with Crippen molar-refractivity contribution in [2.45, 2.75) is 31.7 Å². The highest BCUT2D eigenvalue weighted by Gasteiger charge is 2.15. The highest BCUT2D eigenvalue weighted by atomic mass is 32.2. The van der Waals surface area contributed by atoms with Gasteiger partial charge in [-0.2, -0.15) is 0 Å². The maximum absolute atomic E-state index is 11.6. The standard InChI is InChI=1S/C17H19N3O2S2/c1-10-12(3)23-17-15(10)16(18-9-19-17)20-11(2)13-5-7-14(8-6-13)24(4,21)22/h5-9,11H,1-4H3,(H,18,19,20)/t11-/m1/s1. The number of rotatable bonds is 4. The summed E-state index contributed by atoms with van der Waals surface area (Å²) >= 11 is 1.66. The minimum atomic E-state index is -3.18. The molecule has 1 aromatic carbocycles. The van der Waals surface area contributed by atoms with Gasteiger partial charge < -0.3 is 5.32 Å². The maximum Gasteiger partial charge on any atom is 0.175 e. The van der Waals surface area contributed by atoms with Crippen LogP contribution in [0.2, 0.25) is 0 Å². The van der Waals surface area contributed by atoms with Gasteiger partial charge in [-0.05, 0) is 44.0 Å². The molecule has 0 radical (unpaired) electrons. The van der Waals surface area contributed by atoms with E-state index in [1.807, 2.05) is 19.1 Å². The van der Waals surface area contributed by atoms with Gasteiger partial charge in [0.1, 0.15) is 17.0 Å². The Balaban J connectivity index is 1.91. The van der Waals surface area contributed by atoms with E-state index in [2.05, 4.69) is 29.1 Å². The Morgan fingerprint density at radius 1 is 1.12 bits per heavy atom. The van der Waals surface area contributed by atoms with Crippen LogP contribution in [0.15, 0.2) is 35.5 Å². The minimum Gasteiger partial charge on any atom is -0.363 e. The molecule has 0 amide bonds. The molecule has 2 heterocycles. The Kier molecular flexibility index (Phi) is 4.31. The lowest BCUT2D eigenvalue weighted by Crippen LogP contribution is -2.09. The van der Waals surface area contributed by atoms with Gasteiger partial charge in [0.05, 0.1) is 10.3 Å². The van der Waals surface area contributed by atoms with E-state index in [1.54, 1.807) is 29.8 Å². The summed E-state index contributed by atoms with van der Waals surface area (Å²) in [5.74, 6) is 0.807. The molecule has 24 heavy (non-hydrogen) atoms. The van der Waals surface area contributed by atoms with Gasteiger partial charge in [0.2, 0.25) is 0 Å². The van der Waals surface area contributed by atoms with Crippen molar-refractivity contribution in [1.29, 1.82) is 0 Å². The summed E-state index contributed by atoms with van der Waals surface area (Å²) in [6, 6.07) is 6.93. The molecular formula is C17H19N3O2S2. The number of aromatic nitrogens is 2. The third-order valence-electron chi connectivity index (χ3n) is 4.13. The van der Waals surface area contributed by atoms with E-state index in [0.717, 1.165) is 21.6 Å².